The zero-order valence-corrected chi connectivity index (χ0v) is 36.1. The number of ether oxygens (including phenoxy) is 2. The molecule has 3 unspecified atom stereocenters. The van der Waals surface area contributed by atoms with Gasteiger partial charge in [-0.2, -0.15) is 0 Å². The second-order valence-electron chi connectivity index (χ2n) is 14.8. The second kappa shape index (κ2) is 20.3. The third kappa shape index (κ3) is 9.40. The Hall–Kier alpha value is -5.05. The van der Waals surface area contributed by atoms with Crippen molar-refractivity contribution >= 4 is 35.6 Å². The zero-order valence-electron chi connectivity index (χ0n) is 33.7. The van der Waals surface area contributed by atoms with Crippen molar-refractivity contribution in [3.05, 3.63) is 179 Å². The minimum Gasteiger partial charge on any atom is -0.494 e. The Balaban J connectivity index is 0.00000585. The number of benzene rings is 4. The predicted octanol–water partition coefficient (Wildman–Crippen LogP) is 12.7. The van der Waals surface area contributed by atoms with Crippen LogP contribution in [0.2, 0.25) is 10.0 Å². The molecule has 1 aliphatic heterocycles. The van der Waals surface area contributed by atoms with Gasteiger partial charge in [-0.1, -0.05) is 99.1 Å². The van der Waals surface area contributed by atoms with Gasteiger partial charge in [-0.3, -0.25) is 0 Å². The minimum absolute atomic E-state index is 0. The van der Waals surface area contributed by atoms with Crippen molar-refractivity contribution in [2.24, 2.45) is 11.5 Å². The maximum atomic E-state index is 8.01. The Labute approximate surface area is 365 Å². The van der Waals surface area contributed by atoms with E-state index in [0.717, 1.165) is 83.7 Å². The first-order valence-corrected chi connectivity index (χ1v) is 21.1. The van der Waals surface area contributed by atoms with E-state index in [1.807, 2.05) is 109 Å². The van der Waals surface area contributed by atoms with E-state index >= 15 is 0 Å². The topological polar surface area (TPSA) is 83.6 Å². The van der Waals surface area contributed by atoms with E-state index in [-0.39, 0.29) is 12.4 Å². The number of nitrogens with two attached hydrogens (primary N) is 2. The highest BCUT2D eigenvalue weighted by Gasteiger charge is 2.49. The average molecular weight is 851 g/mol. The van der Waals surface area contributed by atoms with Gasteiger partial charge in [0.1, 0.15) is 23.7 Å². The fourth-order valence-electron chi connectivity index (χ4n) is 7.89. The summed E-state index contributed by atoms with van der Waals surface area (Å²) < 4.78 is 16.5. The van der Waals surface area contributed by atoms with E-state index in [1.54, 1.807) is 0 Å². The molecule has 0 fully saturated rings. The molecule has 0 amide bonds. The van der Waals surface area contributed by atoms with Crippen molar-refractivity contribution in [3.8, 4) is 34.0 Å². The van der Waals surface area contributed by atoms with Gasteiger partial charge in [-0.05, 0) is 127 Å². The summed E-state index contributed by atoms with van der Waals surface area (Å²) in [4.78, 5) is 2.13. The molecule has 0 aliphatic carbocycles. The number of allylic oxidation sites excluding steroid dienone is 2. The highest BCUT2D eigenvalue weighted by atomic mass is 35.5. The largest absolute Gasteiger partial charge is 0.494 e. The summed E-state index contributed by atoms with van der Waals surface area (Å²) in [5, 5.41) is 1.17. The molecule has 6 aromatic rings. The Morgan fingerprint density at radius 1 is 0.610 bits per heavy atom. The minimum atomic E-state index is -1.39. The van der Waals surface area contributed by atoms with Gasteiger partial charge in [0.05, 0.1) is 24.6 Å². The van der Waals surface area contributed by atoms with E-state index in [9.17, 15) is 0 Å². The molecule has 1 aliphatic rings. The number of halogens is 3. The van der Waals surface area contributed by atoms with Crippen LogP contribution in [0.5, 0.6) is 11.5 Å². The quantitative estimate of drug-likeness (QED) is 0.0842. The summed E-state index contributed by atoms with van der Waals surface area (Å²) in [7, 11) is 0. The van der Waals surface area contributed by atoms with Crippen LogP contribution in [0, 0.1) is 0 Å². The van der Waals surface area contributed by atoms with Crippen LogP contribution >= 0.6 is 35.6 Å². The lowest BCUT2D eigenvalue weighted by molar-refractivity contribution is 0.0762. The molecule has 0 bridgehead atoms. The Bertz CT molecular complexity index is 2320. The molecule has 4 N–H and O–H groups in total. The Kier molecular flexibility index (Phi) is 15.0. The molecular weight excluding hydrogens is 797 g/mol. The third-order valence-electron chi connectivity index (χ3n) is 10.9. The van der Waals surface area contributed by atoms with Crippen LogP contribution in [0.25, 0.3) is 22.5 Å². The molecule has 10 heteroatoms. The number of hydrogen-bond donors (Lipinski definition) is 2. The van der Waals surface area contributed by atoms with Crippen LogP contribution in [0.3, 0.4) is 0 Å². The highest BCUT2D eigenvalue weighted by molar-refractivity contribution is 6.31. The smallest absolute Gasteiger partial charge is 0.156 e. The Morgan fingerprint density at radius 2 is 1.10 bits per heavy atom. The summed E-state index contributed by atoms with van der Waals surface area (Å²) in [6.45, 7) is 5.77. The number of rotatable bonds is 18. The zero-order chi connectivity index (χ0) is 40.5. The van der Waals surface area contributed by atoms with Crippen LogP contribution in [-0.2, 0) is 0 Å². The van der Waals surface area contributed by atoms with Gasteiger partial charge in [-0.25, -0.2) is 0 Å². The van der Waals surface area contributed by atoms with Crippen LogP contribution in [0.4, 0.5) is 0 Å². The number of nitrogens with zero attached hydrogens (tertiary/aromatic N) is 3. The standard InChI is InChI=1S/C49H53Cl2N5O2.ClH/c1-3-5-11-34-57-38-27-23-36(24-28-38)44-20-13-31-54(44)47(40-16-7-9-18-42(40)50)49(53)46(52)22-15-33-56(49)48(41-17-8-10-19-43(41)51)55-32-14-21-45(55)37-25-29-39(30-26-37)58-35-12-6-4-2;/h7-10,13-33,47-48H,3-6,11-12,34-35,52-53H2,1-2H3;1H. The lowest BCUT2D eigenvalue weighted by Gasteiger charge is -2.52. The van der Waals surface area contributed by atoms with Crippen molar-refractivity contribution in [1.29, 1.82) is 0 Å². The van der Waals surface area contributed by atoms with E-state index in [2.05, 4.69) is 70.5 Å². The van der Waals surface area contributed by atoms with Crippen LogP contribution in [0.15, 0.2) is 158 Å². The first kappa shape index (κ1) is 43.5. The molecule has 2 aromatic heterocycles. The van der Waals surface area contributed by atoms with Crippen molar-refractivity contribution in [1.82, 2.24) is 14.0 Å². The first-order valence-electron chi connectivity index (χ1n) is 20.4. The maximum Gasteiger partial charge on any atom is 0.156 e. The van der Waals surface area contributed by atoms with Gasteiger partial charge in [0, 0.05) is 39.9 Å². The fraction of sp³-hybridized carbons (Fsp3) is 0.265. The molecule has 0 radical (unpaired) electrons. The van der Waals surface area contributed by atoms with Gasteiger partial charge in [0.25, 0.3) is 0 Å². The second-order valence-corrected chi connectivity index (χ2v) is 15.6. The number of aromatic nitrogens is 2. The molecule has 7 nitrogen and oxygen atoms in total. The van der Waals surface area contributed by atoms with E-state index in [0.29, 0.717) is 29.0 Å². The molecular formula is C49H54Cl3N5O2. The summed E-state index contributed by atoms with van der Waals surface area (Å²) in [5.41, 5.74) is 19.9. The normalized spacial score (nSPS) is 15.9. The van der Waals surface area contributed by atoms with Crippen molar-refractivity contribution in [2.45, 2.75) is 70.2 Å². The number of unbranched alkanes of at least 4 members (excludes halogenated alkanes) is 4. The maximum absolute atomic E-state index is 8.01. The van der Waals surface area contributed by atoms with E-state index in [4.69, 9.17) is 44.1 Å². The van der Waals surface area contributed by atoms with Gasteiger partial charge in [0.15, 0.2) is 5.66 Å². The van der Waals surface area contributed by atoms with Gasteiger partial charge < -0.3 is 35.0 Å². The summed E-state index contributed by atoms with van der Waals surface area (Å²) in [6.07, 6.45) is 16.1. The molecule has 0 saturated heterocycles. The fourth-order valence-corrected chi connectivity index (χ4v) is 8.36. The van der Waals surface area contributed by atoms with Crippen LogP contribution in [-0.4, -0.2) is 32.9 Å². The monoisotopic (exact) mass is 849 g/mol. The summed E-state index contributed by atoms with van der Waals surface area (Å²) in [5.74, 6) is 1.68. The molecule has 3 heterocycles. The first-order chi connectivity index (χ1) is 28.3. The molecule has 308 valence electrons. The Morgan fingerprint density at radius 3 is 1.63 bits per heavy atom. The molecule has 7 rings (SSSR count). The average Bonchev–Trinajstić information content (AvgIpc) is 3.93. The lowest BCUT2D eigenvalue weighted by atomic mass is 9.86. The number of hydrogen-bond acceptors (Lipinski definition) is 5. The van der Waals surface area contributed by atoms with Crippen LogP contribution < -0.4 is 20.9 Å². The van der Waals surface area contributed by atoms with Crippen molar-refractivity contribution in [3.63, 3.8) is 0 Å². The lowest BCUT2D eigenvalue weighted by Crippen LogP contribution is -2.64. The van der Waals surface area contributed by atoms with Crippen molar-refractivity contribution in [2.75, 3.05) is 13.2 Å². The molecule has 59 heavy (non-hydrogen) atoms. The van der Waals surface area contributed by atoms with E-state index < -0.39 is 17.9 Å². The SMILES string of the molecule is CCCCCOc1ccc(-c2cccn2C(c2ccccc2Cl)N2C=CC=C(N)C2(N)C(c2ccccc2Cl)n2cccc2-c2ccc(OCCCCC)cc2)cc1.Cl. The summed E-state index contributed by atoms with van der Waals surface area (Å²) >= 11 is 14.3. The molecule has 3 atom stereocenters. The van der Waals surface area contributed by atoms with E-state index in [1.165, 1.54) is 0 Å². The molecule has 4 aromatic carbocycles. The predicted molar refractivity (Wildman–Crippen MR) is 246 cm³/mol. The summed E-state index contributed by atoms with van der Waals surface area (Å²) in [6, 6.07) is 39.9. The van der Waals surface area contributed by atoms with Gasteiger partial charge >= 0.3 is 0 Å². The third-order valence-corrected chi connectivity index (χ3v) is 11.6. The van der Waals surface area contributed by atoms with Gasteiger partial charge in [-0.15, -0.1) is 12.4 Å². The molecule has 0 spiro atoms. The molecule has 0 saturated carbocycles. The van der Waals surface area contributed by atoms with Crippen molar-refractivity contribution < 1.29 is 9.47 Å². The van der Waals surface area contributed by atoms with Gasteiger partial charge in [0.2, 0.25) is 0 Å². The van der Waals surface area contributed by atoms with Crippen LogP contribution in [0.1, 0.15) is 75.7 Å². The highest BCUT2D eigenvalue weighted by Crippen LogP contribution is 2.47.